The Kier molecular flexibility index (Phi) is 26.2. The smallest absolute Gasteiger partial charge is 0.000979 e. The highest BCUT2D eigenvalue weighted by Crippen LogP contribution is 2.22. The largest absolute Gasteiger partial charge is 0.330 e. The molecule has 190 valence electrons. The molecule has 0 fully saturated rings. The van der Waals surface area contributed by atoms with E-state index in [-0.39, 0.29) is 0 Å². The molecule has 0 radical (unpaired) electrons. The Morgan fingerprint density at radius 3 is 1.03 bits per heavy atom. The van der Waals surface area contributed by atoms with E-state index in [1.54, 1.807) is 0 Å². The van der Waals surface area contributed by atoms with E-state index in [9.17, 15) is 0 Å². The summed E-state index contributed by atoms with van der Waals surface area (Å²) in [5.74, 6) is 3.44. The zero-order valence-electron chi connectivity index (χ0n) is 23.4. The summed E-state index contributed by atoms with van der Waals surface area (Å²) in [5.41, 5.74) is 5.28. The molecule has 0 saturated heterocycles. The third-order valence-corrected chi connectivity index (χ3v) is 7.28. The van der Waals surface area contributed by atoms with Crippen molar-refractivity contribution in [3.8, 4) is 0 Å². The fraction of sp³-hybridized carbons (Fsp3) is 1.00. The first-order chi connectivity index (χ1) is 14.9. The monoisotopic (exact) mass is 441 g/mol. The van der Waals surface area contributed by atoms with Gasteiger partial charge in [-0.1, -0.05) is 120 Å². The molecule has 2 heteroatoms. The zero-order chi connectivity index (χ0) is 23.9. The molecular weight excluding hydrogens is 376 g/mol. The number of unbranched alkanes of at least 4 members (excludes halogenated alkanes) is 3. The molecule has 0 aromatic rings. The lowest BCUT2D eigenvalue weighted by atomic mass is 9.93. The summed E-state index contributed by atoms with van der Waals surface area (Å²) in [5, 5.41) is 0. The lowest BCUT2D eigenvalue weighted by molar-refractivity contribution is 0.152. The van der Waals surface area contributed by atoms with Gasteiger partial charge in [-0.15, -0.1) is 0 Å². The van der Waals surface area contributed by atoms with Gasteiger partial charge in [-0.25, -0.2) is 0 Å². The lowest BCUT2D eigenvalue weighted by Gasteiger charge is -2.33. The predicted octanol–water partition coefficient (Wildman–Crippen LogP) is 8.93. The van der Waals surface area contributed by atoms with Crippen molar-refractivity contribution >= 4 is 0 Å². The van der Waals surface area contributed by atoms with Crippen LogP contribution in [0.4, 0.5) is 0 Å². The molecule has 2 N–H and O–H groups in total. The quantitative estimate of drug-likeness (QED) is 0.205. The van der Waals surface area contributed by atoms with Crippen LogP contribution in [0.3, 0.4) is 0 Å². The van der Waals surface area contributed by atoms with Gasteiger partial charge in [-0.05, 0) is 49.5 Å². The van der Waals surface area contributed by atoms with Gasteiger partial charge in [0, 0.05) is 19.6 Å². The summed E-state index contributed by atoms with van der Waals surface area (Å²) >= 11 is 0. The molecule has 0 spiro atoms. The van der Waals surface area contributed by atoms with Crippen LogP contribution in [-0.4, -0.2) is 31.1 Å². The minimum Gasteiger partial charge on any atom is -0.330 e. The van der Waals surface area contributed by atoms with Crippen LogP contribution in [0.1, 0.15) is 139 Å². The number of nitrogens with zero attached hydrogens (tertiary/aromatic N) is 1. The van der Waals surface area contributed by atoms with Crippen molar-refractivity contribution in [2.75, 3.05) is 26.2 Å². The average molecular weight is 441 g/mol. The van der Waals surface area contributed by atoms with Crippen molar-refractivity contribution in [1.29, 1.82) is 0 Å². The maximum atomic E-state index is 5.28. The minimum atomic E-state index is 0.713. The van der Waals surface area contributed by atoms with Gasteiger partial charge < -0.3 is 10.6 Å². The Bertz CT molecular complexity index is 284. The predicted molar refractivity (Wildman–Crippen MR) is 145 cm³/mol. The Morgan fingerprint density at radius 2 is 0.871 bits per heavy atom. The second kappa shape index (κ2) is 24.6. The van der Waals surface area contributed by atoms with Crippen LogP contribution < -0.4 is 5.73 Å². The van der Waals surface area contributed by atoms with Crippen molar-refractivity contribution < 1.29 is 0 Å². The first-order valence-corrected chi connectivity index (χ1v) is 14.4. The van der Waals surface area contributed by atoms with Crippen molar-refractivity contribution in [1.82, 2.24) is 4.90 Å². The molecule has 2 nitrogen and oxygen atoms in total. The van der Waals surface area contributed by atoms with Crippen LogP contribution in [0.5, 0.6) is 0 Å². The highest BCUT2D eigenvalue weighted by Gasteiger charge is 2.19. The van der Waals surface area contributed by atoms with E-state index in [4.69, 9.17) is 5.73 Å². The molecule has 0 saturated carbocycles. The van der Waals surface area contributed by atoms with Crippen LogP contribution in [0, 0.1) is 23.7 Å². The van der Waals surface area contributed by atoms with Gasteiger partial charge >= 0.3 is 0 Å². The third-order valence-electron chi connectivity index (χ3n) is 7.28. The number of rotatable bonds is 20. The maximum absolute atomic E-state index is 5.28. The molecule has 0 bridgehead atoms. The third kappa shape index (κ3) is 20.3. The molecule has 0 amide bonds. The SMILES string of the molecule is CCC(C)CN.CCCCC(CC)CN(CC(CC)CCCC)CC(CC)CCCC. The highest BCUT2D eigenvalue weighted by molar-refractivity contribution is 4.73. The normalized spacial score (nSPS) is 15.3. The second-order valence-corrected chi connectivity index (χ2v) is 10.2. The van der Waals surface area contributed by atoms with E-state index < -0.39 is 0 Å². The molecule has 4 unspecified atom stereocenters. The summed E-state index contributed by atoms with van der Waals surface area (Å²) in [6, 6.07) is 0. The van der Waals surface area contributed by atoms with Gasteiger partial charge in [0.2, 0.25) is 0 Å². The molecule has 0 aliphatic heterocycles. The number of nitrogens with two attached hydrogens (primary N) is 1. The fourth-order valence-electron chi connectivity index (χ4n) is 4.24. The van der Waals surface area contributed by atoms with Gasteiger partial charge in [-0.3, -0.25) is 0 Å². The van der Waals surface area contributed by atoms with Crippen LogP contribution in [0.2, 0.25) is 0 Å². The maximum Gasteiger partial charge on any atom is 0.000979 e. The molecule has 31 heavy (non-hydrogen) atoms. The molecule has 0 rings (SSSR count). The van der Waals surface area contributed by atoms with Crippen LogP contribution in [-0.2, 0) is 0 Å². The summed E-state index contributed by atoms with van der Waals surface area (Å²) in [4.78, 5) is 2.89. The molecule has 0 heterocycles. The van der Waals surface area contributed by atoms with Gasteiger partial charge in [-0.2, -0.15) is 0 Å². The van der Waals surface area contributed by atoms with Crippen LogP contribution >= 0.6 is 0 Å². The van der Waals surface area contributed by atoms with Gasteiger partial charge in [0.25, 0.3) is 0 Å². The van der Waals surface area contributed by atoms with E-state index in [1.165, 1.54) is 103 Å². The molecule has 0 aliphatic rings. The first-order valence-electron chi connectivity index (χ1n) is 14.4. The lowest BCUT2D eigenvalue weighted by Crippen LogP contribution is -2.37. The summed E-state index contributed by atoms with van der Waals surface area (Å²) in [6.45, 7) is 23.4. The Balaban J connectivity index is 0. The van der Waals surface area contributed by atoms with Crippen molar-refractivity contribution in [3.05, 3.63) is 0 Å². The minimum absolute atomic E-state index is 0.713. The molecule has 0 aliphatic carbocycles. The second-order valence-electron chi connectivity index (χ2n) is 10.2. The van der Waals surface area contributed by atoms with E-state index >= 15 is 0 Å². The number of hydrogen-bond donors (Lipinski definition) is 1. The van der Waals surface area contributed by atoms with Crippen molar-refractivity contribution in [2.45, 2.75) is 139 Å². The van der Waals surface area contributed by atoms with Crippen molar-refractivity contribution in [2.24, 2.45) is 29.4 Å². The number of hydrogen-bond acceptors (Lipinski definition) is 2. The van der Waals surface area contributed by atoms with Gasteiger partial charge in [0.1, 0.15) is 0 Å². The van der Waals surface area contributed by atoms with E-state index in [1.807, 2.05) is 0 Å². The summed E-state index contributed by atoms with van der Waals surface area (Å²) < 4.78 is 0. The molecular formula is C29H64N2. The van der Waals surface area contributed by atoms with E-state index in [0.717, 1.165) is 24.3 Å². The van der Waals surface area contributed by atoms with Gasteiger partial charge in [0.05, 0.1) is 0 Å². The Hall–Kier alpha value is -0.0800. The highest BCUT2D eigenvalue weighted by atomic mass is 15.1. The molecule has 0 aromatic heterocycles. The average Bonchev–Trinajstić information content (AvgIpc) is 2.81. The van der Waals surface area contributed by atoms with Gasteiger partial charge in [0.15, 0.2) is 0 Å². The Morgan fingerprint density at radius 1 is 0.548 bits per heavy atom. The van der Waals surface area contributed by atoms with Crippen molar-refractivity contribution in [3.63, 3.8) is 0 Å². The van der Waals surface area contributed by atoms with E-state index in [2.05, 4.69) is 60.3 Å². The topological polar surface area (TPSA) is 29.3 Å². The fourth-order valence-corrected chi connectivity index (χ4v) is 4.24. The zero-order valence-corrected chi connectivity index (χ0v) is 23.4. The van der Waals surface area contributed by atoms with Crippen LogP contribution in [0.15, 0.2) is 0 Å². The molecule has 0 aromatic carbocycles. The first kappa shape index (κ1) is 33.1. The summed E-state index contributed by atoms with van der Waals surface area (Å²) in [7, 11) is 0. The molecule has 4 atom stereocenters. The summed E-state index contributed by atoms with van der Waals surface area (Å²) in [6.07, 6.45) is 17.8. The standard InChI is InChI=1S/C24H51N.C5H13N/c1-7-13-16-22(10-4)19-25(20-23(11-5)17-14-8-2)21-24(12-6)18-15-9-3;1-3-5(2)4-6/h22-24H,7-21H2,1-6H3;5H,3-4,6H2,1-2H3. The van der Waals surface area contributed by atoms with Crippen LogP contribution in [0.25, 0.3) is 0 Å². The van der Waals surface area contributed by atoms with E-state index in [0.29, 0.717) is 5.92 Å². The Labute approximate surface area is 199 Å².